The Morgan fingerprint density at radius 2 is 1.12 bits per heavy atom. The molecule has 3 nitrogen and oxygen atoms in total. The van der Waals surface area contributed by atoms with Crippen LogP contribution in [0.25, 0.3) is 66.4 Å². The molecule has 0 saturated carbocycles. The molecule has 1 heterocycles. The summed E-state index contributed by atoms with van der Waals surface area (Å²) in [6.07, 6.45) is 0. The Balaban J connectivity index is 1.09. The van der Waals surface area contributed by atoms with E-state index in [9.17, 15) is 0 Å². The number of anilines is 3. The molecule has 8 aromatic carbocycles. The normalized spacial score (nSPS) is 13.1. The molecule has 0 bridgehead atoms. The fourth-order valence-electron chi connectivity index (χ4n) is 8.15. The van der Waals surface area contributed by atoms with Gasteiger partial charge in [0.05, 0.1) is 0 Å². The van der Waals surface area contributed by atoms with E-state index in [0.29, 0.717) is 5.89 Å². The third-order valence-electron chi connectivity index (χ3n) is 10.6. The number of hydrogen-bond acceptors (Lipinski definition) is 3. The van der Waals surface area contributed by atoms with Gasteiger partial charge in [-0.3, -0.25) is 0 Å². The molecule has 1 aromatic heterocycles. The topological polar surface area (TPSA) is 29.3 Å². The van der Waals surface area contributed by atoms with Crippen molar-refractivity contribution in [3.8, 4) is 33.7 Å². The van der Waals surface area contributed by atoms with E-state index in [4.69, 9.17) is 9.40 Å². The summed E-state index contributed by atoms with van der Waals surface area (Å²) in [6.45, 7) is 4.71. The Labute approximate surface area is 297 Å². The SMILES string of the molecule is CC1(C)c2cc3ccc(N(c4ccccc4)c4ccc(-c5ccccc5)cc4)cc3cc2-c2ccc3c(ccc4nc(-c5ccccc5)oc43)c21. The lowest BCUT2D eigenvalue weighted by Crippen LogP contribution is -2.15. The average molecular weight is 655 g/mol. The van der Waals surface area contributed by atoms with Crippen molar-refractivity contribution in [3.63, 3.8) is 0 Å². The van der Waals surface area contributed by atoms with Crippen molar-refractivity contribution in [1.29, 1.82) is 0 Å². The molecule has 0 amide bonds. The molecule has 0 aliphatic heterocycles. The van der Waals surface area contributed by atoms with E-state index in [0.717, 1.165) is 39.1 Å². The third-order valence-corrected chi connectivity index (χ3v) is 10.6. The van der Waals surface area contributed by atoms with Gasteiger partial charge in [-0.25, -0.2) is 4.98 Å². The smallest absolute Gasteiger partial charge is 0.227 e. The summed E-state index contributed by atoms with van der Waals surface area (Å²) in [5, 5.41) is 4.77. The Morgan fingerprint density at radius 3 is 1.86 bits per heavy atom. The van der Waals surface area contributed by atoms with Crippen LogP contribution in [0.15, 0.2) is 174 Å². The molecule has 242 valence electrons. The Bertz CT molecular complexity index is 2750. The molecule has 0 saturated heterocycles. The second-order valence-electron chi connectivity index (χ2n) is 14.0. The third kappa shape index (κ3) is 4.69. The number of benzene rings is 8. The zero-order chi connectivity index (χ0) is 34.1. The van der Waals surface area contributed by atoms with Crippen molar-refractivity contribution < 1.29 is 4.42 Å². The Kier molecular flexibility index (Phi) is 6.53. The monoisotopic (exact) mass is 654 g/mol. The van der Waals surface area contributed by atoms with Crippen LogP contribution in [-0.2, 0) is 5.41 Å². The van der Waals surface area contributed by atoms with Crippen LogP contribution < -0.4 is 4.90 Å². The summed E-state index contributed by atoms with van der Waals surface area (Å²) in [5.41, 5.74) is 13.6. The van der Waals surface area contributed by atoms with E-state index in [1.54, 1.807) is 0 Å². The molecule has 3 heteroatoms. The fraction of sp³-hybridized carbons (Fsp3) is 0.0625. The van der Waals surface area contributed by atoms with Gasteiger partial charge in [-0.2, -0.15) is 0 Å². The first-order valence-electron chi connectivity index (χ1n) is 17.5. The molecule has 0 radical (unpaired) electrons. The molecule has 10 rings (SSSR count). The minimum Gasteiger partial charge on any atom is -0.435 e. The number of para-hydroxylation sites is 1. The van der Waals surface area contributed by atoms with Crippen LogP contribution in [0, 0.1) is 0 Å². The summed E-state index contributed by atoms with van der Waals surface area (Å²) < 4.78 is 6.46. The van der Waals surface area contributed by atoms with Crippen molar-refractivity contribution >= 4 is 49.7 Å². The predicted molar refractivity (Wildman–Crippen MR) is 212 cm³/mol. The maximum absolute atomic E-state index is 6.46. The second-order valence-corrected chi connectivity index (χ2v) is 14.0. The molecule has 51 heavy (non-hydrogen) atoms. The average Bonchev–Trinajstić information content (AvgIpc) is 3.72. The number of oxazole rings is 1. The lowest BCUT2D eigenvalue weighted by Gasteiger charge is -2.26. The van der Waals surface area contributed by atoms with Gasteiger partial charge in [0.1, 0.15) is 5.52 Å². The first kappa shape index (κ1) is 29.5. The van der Waals surface area contributed by atoms with E-state index >= 15 is 0 Å². The molecule has 0 unspecified atom stereocenters. The number of rotatable bonds is 5. The van der Waals surface area contributed by atoms with Crippen molar-refractivity contribution in [3.05, 3.63) is 181 Å². The van der Waals surface area contributed by atoms with Crippen molar-refractivity contribution in [1.82, 2.24) is 4.98 Å². The van der Waals surface area contributed by atoms with E-state index in [-0.39, 0.29) is 5.41 Å². The van der Waals surface area contributed by atoms with E-state index in [1.165, 1.54) is 49.5 Å². The van der Waals surface area contributed by atoms with Gasteiger partial charge in [-0.15, -0.1) is 0 Å². The highest BCUT2D eigenvalue weighted by molar-refractivity contribution is 6.09. The largest absolute Gasteiger partial charge is 0.435 e. The van der Waals surface area contributed by atoms with Gasteiger partial charge >= 0.3 is 0 Å². The van der Waals surface area contributed by atoms with Gasteiger partial charge in [0.15, 0.2) is 5.58 Å². The first-order chi connectivity index (χ1) is 25.0. The molecule has 0 fully saturated rings. The summed E-state index contributed by atoms with van der Waals surface area (Å²) in [4.78, 5) is 7.20. The maximum atomic E-state index is 6.46. The highest BCUT2D eigenvalue weighted by atomic mass is 16.3. The quantitative estimate of drug-likeness (QED) is 0.185. The highest BCUT2D eigenvalue weighted by Gasteiger charge is 2.37. The molecule has 0 N–H and O–H groups in total. The van der Waals surface area contributed by atoms with Crippen LogP contribution in [0.4, 0.5) is 17.1 Å². The molecule has 0 spiro atoms. The number of fused-ring (bicyclic) bond motifs is 8. The molecular weight excluding hydrogens is 621 g/mol. The van der Waals surface area contributed by atoms with Crippen molar-refractivity contribution in [2.75, 3.05) is 4.90 Å². The summed E-state index contributed by atoms with van der Waals surface area (Å²) in [6, 6.07) is 60.7. The van der Waals surface area contributed by atoms with Crippen LogP contribution in [0.2, 0.25) is 0 Å². The van der Waals surface area contributed by atoms with Gasteiger partial charge < -0.3 is 9.32 Å². The molecule has 1 aliphatic carbocycles. The van der Waals surface area contributed by atoms with Gasteiger partial charge in [0.2, 0.25) is 5.89 Å². The Hall–Kier alpha value is -6.45. The van der Waals surface area contributed by atoms with E-state index < -0.39 is 0 Å². The van der Waals surface area contributed by atoms with E-state index in [2.05, 4.69) is 158 Å². The van der Waals surface area contributed by atoms with Crippen LogP contribution in [0.1, 0.15) is 25.0 Å². The number of hydrogen-bond donors (Lipinski definition) is 0. The fourth-order valence-corrected chi connectivity index (χ4v) is 8.15. The van der Waals surface area contributed by atoms with Gasteiger partial charge in [-0.05, 0) is 122 Å². The van der Waals surface area contributed by atoms with Gasteiger partial charge in [0, 0.05) is 33.4 Å². The first-order valence-corrected chi connectivity index (χ1v) is 17.5. The molecular formula is C48H34N2O. The van der Waals surface area contributed by atoms with Gasteiger partial charge in [0.25, 0.3) is 0 Å². The van der Waals surface area contributed by atoms with Gasteiger partial charge in [-0.1, -0.05) is 111 Å². The molecule has 0 atom stereocenters. The zero-order valence-electron chi connectivity index (χ0n) is 28.5. The standard InChI is InChI=1S/C48H34N2O/c1-48(2)43-30-34-20-23-38(50(36-16-10-5-11-17-36)37-21-18-32(19-22-37)31-12-6-3-7-13-31)28-35(34)29-42(43)40-24-25-41-39(45(40)48)26-27-44-46(41)51-47(49-44)33-14-8-4-9-15-33/h3-30H,1-2H3. The summed E-state index contributed by atoms with van der Waals surface area (Å²) in [7, 11) is 0. The zero-order valence-corrected chi connectivity index (χ0v) is 28.5. The number of aromatic nitrogens is 1. The lowest BCUT2D eigenvalue weighted by molar-refractivity contribution is 0.623. The predicted octanol–water partition coefficient (Wildman–Crippen LogP) is 13.2. The van der Waals surface area contributed by atoms with Crippen LogP contribution >= 0.6 is 0 Å². The number of nitrogens with zero attached hydrogens (tertiary/aromatic N) is 2. The van der Waals surface area contributed by atoms with Crippen LogP contribution in [-0.4, -0.2) is 4.98 Å². The van der Waals surface area contributed by atoms with E-state index in [1.807, 2.05) is 30.3 Å². The highest BCUT2D eigenvalue weighted by Crippen LogP contribution is 2.53. The summed E-state index contributed by atoms with van der Waals surface area (Å²) >= 11 is 0. The maximum Gasteiger partial charge on any atom is 0.227 e. The van der Waals surface area contributed by atoms with Crippen LogP contribution in [0.5, 0.6) is 0 Å². The minimum atomic E-state index is -0.191. The van der Waals surface area contributed by atoms with Crippen LogP contribution in [0.3, 0.4) is 0 Å². The molecule has 1 aliphatic rings. The lowest BCUT2D eigenvalue weighted by atomic mass is 9.80. The van der Waals surface area contributed by atoms with Crippen molar-refractivity contribution in [2.24, 2.45) is 0 Å². The summed E-state index contributed by atoms with van der Waals surface area (Å²) in [5.74, 6) is 0.653. The Morgan fingerprint density at radius 1 is 0.490 bits per heavy atom. The van der Waals surface area contributed by atoms with Crippen molar-refractivity contribution in [2.45, 2.75) is 19.3 Å². The second kappa shape index (κ2) is 11.3. The minimum absolute atomic E-state index is 0.191. The molecule has 9 aromatic rings.